The molecule has 114 valence electrons. The molecule has 0 spiro atoms. The third kappa shape index (κ3) is 3.36. The molecule has 21 heavy (non-hydrogen) atoms. The van der Waals surface area contributed by atoms with Gasteiger partial charge < -0.3 is 10.5 Å². The monoisotopic (exact) mass is 293 g/mol. The van der Waals surface area contributed by atoms with E-state index in [2.05, 4.69) is 15.5 Å². The van der Waals surface area contributed by atoms with E-state index in [1.54, 1.807) is 17.7 Å². The van der Waals surface area contributed by atoms with E-state index in [9.17, 15) is 4.39 Å². The van der Waals surface area contributed by atoms with Gasteiger partial charge in [0, 0.05) is 23.4 Å². The molecule has 7 heteroatoms. The van der Waals surface area contributed by atoms with Crippen LogP contribution in [0.5, 0.6) is 0 Å². The molecular weight excluding hydrogens is 273 g/mol. The summed E-state index contributed by atoms with van der Waals surface area (Å²) in [7, 11) is 0. The maximum Gasteiger partial charge on any atom is 0.182 e. The Hall–Kier alpha value is -2.02. The predicted molar refractivity (Wildman–Crippen MR) is 78.1 cm³/mol. The highest BCUT2D eigenvalue weighted by Crippen LogP contribution is 2.25. The number of anilines is 1. The maximum absolute atomic E-state index is 13.8. The van der Waals surface area contributed by atoms with Crippen molar-refractivity contribution in [1.82, 2.24) is 20.2 Å². The van der Waals surface area contributed by atoms with E-state index in [1.807, 2.05) is 20.8 Å². The molecule has 0 aliphatic heterocycles. The average Bonchev–Trinajstić information content (AvgIpc) is 2.82. The van der Waals surface area contributed by atoms with E-state index < -0.39 is 5.60 Å². The standard InChI is InChI=1S/C14H20FN5O/c1-5-21-14(3,4)8-20-13(17-18-19-20)10-6-11(15)9(2)12(16)7-10/h6-7H,5,8,16H2,1-4H3. The first-order valence-electron chi connectivity index (χ1n) is 6.80. The Bertz CT molecular complexity index is 615. The predicted octanol–water partition coefficient (Wildman–Crippen LogP) is 2.18. The third-order valence-electron chi connectivity index (χ3n) is 3.24. The van der Waals surface area contributed by atoms with Gasteiger partial charge in [0.05, 0.1) is 12.1 Å². The van der Waals surface area contributed by atoms with Crippen LogP contribution in [0.15, 0.2) is 12.1 Å². The fraction of sp³-hybridized carbons (Fsp3) is 0.500. The van der Waals surface area contributed by atoms with Crippen LogP contribution >= 0.6 is 0 Å². The SMILES string of the molecule is CCOC(C)(C)Cn1nnnc1-c1cc(N)c(C)c(F)c1. The molecule has 2 aromatic rings. The summed E-state index contributed by atoms with van der Waals surface area (Å²) in [5, 5.41) is 11.6. The zero-order chi connectivity index (χ0) is 15.6. The second-order valence-corrected chi connectivity index (χ2v) is 5.53. The molecule has 0 aliphatic rings. The molecule has 0 bridgehead atoms. The van der Waals surface area contributed by atoms with Gasteiger partial charge in [-0.1, -0.05) is 0 Å². The summed E-state index contributed by atoms with van der Waals surface area (Å²) < 4.78 is 21.1. The highest BCUT2D eigenvalue weighted by atomic mass is 19.1. The first kappa shape index (κ1) is 15.4. The molecule has 0 atom stereocenters. The number of rotatable bonds is 5. The zero-order valence-electron chi connectivity index (χ0n) is 12.7. The van der Waals surface area contributed by atoms with Gasteiger partial charge in [0.1, 0.15) is 5.82 Å². The number of nitrogens with zero attached hydrogens (tertiary/aromatic N) is 4. The molecule has 0 amide bonds. The van der Waals surface area contributed by atoms with E-state index >= 15 is 0 Å². The number of nitrogens with two attached hydrogens (primary N) is 1. The molecule has 1 aromatic carbocycles. The van der Waals surface area contributed by atoms with E-state index in [4.69, 9.17) is 10.5 Å². The highest BCUT2D eigenvalue weighted by molar-refractivity contribution is 5.63. The Labute approximate surface area is 123 Å². The van der Waals surface area contributed by atoms with Crippen LogP contribution in [0.2, 0.25) is 0 Å². The number of nitrogen functional groups attached to an aromatic ring is 1. The van der Waals surface area contributed by atoms with Crippen LogP contribution < -0.4 is 5.73 Å². The fourth-order valence-corrected chi connectivity index (χ4v) is 2.14. The second-order valence-electron chi connectivity index (χ2n) is 5.53. The van der Waals surface area contributed by atoms with Gasteiger partial charge >= 0.3 is 0 Å². The first-order valence-corrected chi connectivity index (χ1v) is 6.80. The Morgan fingerprint density at radius 1 is 1.38 bits per heavy atom. The summed E-state index contributed by atoms with van der Waals surface area (Å²) in [5.41, 5.74) is 6.74. The van der Waals surface area contributed by atoms with Crippen molar-refractivity contribution in [3.8, 4) is 11.4 Å². The second kappa shape index (κ2) is 5.77. The van der Waals surface area contributed by atoms with Crippen molar-refractivity contribution in [2.24, 2.45) is 0 Å². The lowest BCUT2D eigenvalue weighted by molar-refractivity contribution is -0.0246. The van der Waals surface area contributed by atoms with Gasteiger partial charge in [-0.2, -0.15) is 0 Å². The normalized spacial score (nSPS) is 11.9. The number of tetrazole rings is 1. The summed E-state index contributed by atoms with van der Waals surface area (Å²) in [6, 6.07) is 3.07. The van der Waals surface area contributed by atoms with Gasteiger partial charge in [0.2, 0.25) is 0 Å². The number of halogens is 1. The fourth-order valence-electron chi connectivity index (χ4n) is 2.14. The molecule has 1 aromatic heterocycles. The summed E-state index contributed by atoms with van der Waals surface area (Å²) in [6.07, 6.45) is 0. The average molecular weight is 293 g/mol. The Kier molecular flexibility index (Phi) is 4.22. The number of ether oxygens (including phenoxy) is 1. The lowest BCUT2D eigenvalue weighted by atomic mass is 10.1. The van der Waals surface area contributed by atoms with Crippen LogP contribution in [0, 0.1) is 12.7 Å². The smallest absolute Gasteiger partial charge is 0.182 e. The third-order valence-corrected chi connectivity index (χ3v) is 3.24. The molecule has 0 saturated heterocycles. The topological polar surface area (TPSA) is 78.8 Å². The van der Waals surface area contributed by atoms with Crippen molar-refractivity contribution in [3.63, 3.8) is 0 Å². The minimum absolute atomic E-state index is 0.372. The van der Waals surface area contributed by atoms with Crippen molar-refractivity contribution < 1.29 is 9.13 Å². The molecular formula is C14H20FN5O. The van der Waals surface area contributed by atoms with Crippen LogP contribution in [0.4, 0.5) is 10.1 Å². The van der Waals surface area contributed by atoms with Gasteiger partial charge in [0.15, 0.2) is 5.82 Å². The van der Waals surface area contributed by atoms with Crippen LogP contribution in [0.1, 0.15) is 26.3 Å². The largest absolute Gasteiger partial charge is 0.398 e. The van der Waals surface area contributed by atoms with Crippen LogP contribution in [-0.2, 0) is 11.3 Å². The number of hydrogen-bond donors (Lipinski definition) is 1. The molecule has 2 rings (SSSR count). The van der Waals surface area contributed by atoms with Crippen molar-refractivity contribution in [2.75, 3.05) is 12.3 Å². The molecule has 0 radical (unpaired) electrons. The molecule has 0 aliphatic carbocycles. The van der Waals surface area contributed by atoms with Crippen molar-refractivity contribution >= 4 is 5.69 Å². The lowest BCUT2D eigenvalue weighted by Crippen LogP contribution is -2.31. The minimum Gasteiger partial charge on any atom is -0.398 e. The number of aromatic nitrogens is 4. The quantitative estimate of drug-likeness (QED) is 0.855. The summed E-state index contributed by atoms with van der Waals surface area (Å²) in [6.45, 7) is 8.52. The Morgan fingerprint density at radius 3 is 2.71 bits per heavy atom. The summed E-state index contributed by atoms with van der Waals surface area (Å²) in [5.74, 6) is 0.0944. The molecule has 0 saturated carbocycles. The van der Waals surface area contributed by atoms with E-state index in [0.717, 1.165) is 0 Å². The van der Waals surface area contributed by atoms with E-state index in [0.29, 0.717) is 35.8 Å². The van der Waals surface area contributed by atoms with Gasteiger partial charge in [0.25, 0.3) is 0 Å². The maximum atomic E-state index is 13.8. The number of hydrogen-bond acceptors (Lipinski definition) is 5. The van der Waals surface area contributed by atoms with Crippen LogP contribution in [0.3, 0.4) is 0 Å². The van der Waals surface area contributed by atoms with Gasteiger partial charge in [-0.25, -0.2) is 9.07 Å². The van der Waals surface area contributed by atoms with Crippen LogP contribution in [-0.4, -0.2) is 32.4 Å². The summed E-state index contributed by atoms with van der Waals surface area (Å²) in [4.78, 5) is 0. The first-order chi connectivity index (χ1) is 9.84. The molecule has 0 unspecified atom stereocenters. The summed E-state index contributed by atoms with van der Waals surface area (Å²) >= 11 is 0. The Morgan fingerprint density at radius 2 is 2.10 bits per heavy atom. The highest BCUT2D eigenvalue weighted by Gasteiger charge is 2.22. The van der Waals surface area contributed by atoms with Crippen molar-refractivity contribution in [2.45, 2.75) is 39.8 Å². The lowest BCUT2D eigenvalue weighted by Gasteiger charge is -2.24. The van der Waals surface area contributed by atoms with Gasteiger partial charge in [-0.05, 0) is 50.3 Å². The number of benzene rings is 1. The van der Waals surface area contributed by atoms with E-state index in [-0.39, 0.29) is 5.82 Å². The van der Waals surface area contributed by atoms with E-state index in [1.165, 1.54) is 6.07 Å². The van der Waals surface area contributed by atoms with Gasteiger partial charge in [-0.3, -0.25) is 0 Å². The van der Waals surface area contributed by atoms with Crippen molar-refractivity contribution in [3.05, 3.63) is 23.5 Å². The minimum atomic E-state index is -0.423. The van der Waals surface area contributed by atoms with Crippen molar-refractivity contribution in [1.29, 1.82) is 0 Å². The molecule has 1 heterocycles. The Balaban J connectivity index is 2.37. The van der Waals surface area contributed by atoms with Crippen LogP contribution in [0.25, 0.3) is 11.4 Å². The molecule has 0 fully saturated rings. The molecule has 6 nitrogen and oxygen atoms in total. The zero-order valence-corrected chi connectivity index (χ0v) is 12.7. The molecule has 2 N–H and O–H groups in total. The van der Waals surface area contributed by atoms with Gasteiger partial charge in [-0.15, -0.1) is 5.10 Å².